The highest BCUT2D eigenvalue weighted by molar-refractivity contribution is 6.12. The van der Waals surface area contributed by atoms with Crippen molar-refractivity contribution in [2.24, 2.45) is 5.73 Å². The third-order valence-electron chi connectivity index (χ3n) is 8.60. The van der Waals surface area contributed by atoms with Gasteiger partial charge in [0, 0.05) is 38.6 Å². The van der Waals surface area contributed by atoms with Crippen molar-refractivity contribution in [1.29, 1.82) is 0 Å². The molecule has 0 bridgehead atoms. The zero-order valence-electron chi connectivity index (χ0n) is 24.5. The summed E-state index contributed by atoms with van der Waals surface area (Å²) >= 11 is 0. The molecule has 0 fully saturated rings. The van der Waals surface area contributed by atoms with Crippen LogP contribution in [0.5, 0.6) is 0 Å². The molecule has 0 saturated carbocycles. The normalized spacial score (nSPS) is 12.3. The summed E-state index contributed by atoms with van der Waals surface area (Å²) < 4.78 is 4.71. The molecule has 0 aliphatic rings. The van der Waals surface area contributed by atoms with E-state index in [9.17, 15) is 0 Å². The average molecular weight is 566 g/mol. The second-order valence-electron chi connectivity index (χ2n) is 11.2. The number of allylic oxidation sites excluding steroid dienone is 3. The summed E-state index contributed by atoms with van der Waals surface area (Å²) in [7, 11) is 0. The van der Waals surface area contributed by atoms with E-state index in [2.05, 4.69) is 149 Å². The van der Waals surface area contributed by atoms with Gasteiger partial charge in [-0.25, -0.2) is 0 Å². The van der Waals surface area contributed by atoms with Crippen LogP contribution in [0, 0.1) is 0 Å². The maximum atomic E-state index is 6.42. The summed E-state index contributed by atoms with van der Waals surface area (Å²) in [6.07, 6.45) is 5.91. The summed E-state index contributed by atoms with van der Waals surface area (Å²) in [5.74, 6) is 0. The fraction of sp³-hybridized carbons (Fsp3) is 0.0244. The number of nitrogens with zero attached hydrogens (tertiary/aromatic N) is 2. The van der Waals surface area contributed by atoms with Crippen molar-refractivity contribution in [3.05, 3.63) is 163 Å². The third kappa shape index (κ3) is 4.13. The summed E-state index contributed by atoms with van der Waals surface area (Å²) in [5, 5.41) is 4.97. The summed E-state index contributed by atoms with van der Waals surface area (Å²) in [6.45, 7) is 1.99. The maximum Gasteiger partial charge on any atom is 0.0541 e. The first-order valence-corrected chi connectivity index (χ1v) is 15.0. The summed E-state index contributed by atoms with van der Waals surface area (Å²) in [4.78, 5) is 0. The lowest BCUT2D eigenvalue weighted by Crippen LogP contribution is -1.99. The van der Waals surface area contributed by atoms with Gasteiger partial charge in [0.25, 0.3) is 0 Å². The lowest BCUT2D eigenvalue weighted by Gasteiger charge is -2.11. The van der Waals surface area contributed by atoms with Gasteiger partial charge in [-0.05, 0) is 90.4 Å². The van der Waals surface area contributed by atoms with Crippen LogP contribution < -0.4 is 5.73 Å². The van der Waals surface area contributed by atoms with E-state index >= 15 is 0 Å². The van der Waals surface area contributed by atoms with Gasteiger partial charge in [-0.15, -0.1) is 0 Å². The highest BCUT2D eigenvalue weighted by atomic mass is 15.0. The van der Waals surface area contributed by atoms with E-state index in [1.807, 2.05) is 25.2 Å². The maximum absolute atomic E-state index is 6.42. The molecule has 0 aliphatic carbocycles. The summed E-state index contributed by atoms with van der Waals surface area (Å²) in [5.41, 5.74) is 17.6. The van der Waals surface area contributed by atoms with Crippen molar-refractivity contribution in [3.8, 4) is 22.5 Å². The standard InChI is InChI=1S/C41H31N3/c1-2-3-18-37(42)30-12-11-15-32(25-30)44-39-20-10-8-17-34(39)36-27-29(22-24-41(36)44)28-21-23-40-35(26-28)33-16-7-9-19-38(33)43(40)31-13-5-4-6-14-31/h2-27H,42H2,1H3/b3-2-,37-18-. The van der Waals surface area contributed by atoms with Crippen molar-refractivity contribution >= 4 is 49.3 Å². The van der Waals surface area contributed by atoms with E-state index in [-0.39, 0.29) is 0 Å². The molecule has 0 radical (unpaired) electrons. The fourth-order valence-corrected chi connectivity index (χ4v) is 6.56. The fourth-order valence-electron chi connectivity index (χ4n) is 6.56. The largest absolute Gasteiger partial charge is 0.398 e. The Morgan fingerprint density at radius 3 is 1.64 bits per heavy atom. The average Bonchev–Trinajstić information content (AvgIpc) is 3.60. The van der Waals surface area contributed by atoms with Gasteiger partial charge >= 0.3 is 0 Å². The van der Waals surface area contributed by atoms with Crippen molar-refractivity contribution in [2.45, 2.75) is 6.92 Å². The molecule has 0 saturated heterocycles. The van der Waals surface area contributed by atoms with E-state index < -0.39 is 0 Å². The lowest BCUT2D eigenvalue weighted by molar-refractivity contribution is 1.18. The second kappa shape index (κ2) is 10.5. The van der Waals surface area contributed by atoms with Gasteiger partial charge in [0.1, 0.15) is 0 Å². The first kappa shape index (κ1) is 25.9. The third-order valence-corrected chi connectivity index (χ3v) is 8.60. The van der Waals surface area contributed by atoms with Crippen molar-refractivity contribution in [3.63, 3.8) is 0 Å². The Balaban J connectivity index is 1.31. The number of hydrogen-bond acceptors (Lipinski definition) is 1. The molecule has 3 nitrogen and oxygen atoms in total. The first-order valence-electron chi connectivity index (χ1n) is 15.0. The number of rotatable bonds is 5. The smallest absolute Gasteiger partial charge is 0.0541 e. The molecule has 44 heavy (non-hydrogen) atoms. The second-order valence-corrected chi connectivity index (χ2v) is 11.2. The van der Waals surface area contributed by atoms with Crippen LogP contribution in [0.4, 0.5) is 0 Å². The Bertz CT molecular complexity index is 2400. The SMILES string of the molecule is C/C=C\C=C(/N)c1cccc(-n2c3ccccc3c3cc(-c4ccc5c(c4)c4ccccc4n5-c4ccccc4)ccc32)c1. The van der Waals surface area contributed by atoms with E-state index in [0.29, 0.717) is 0 Å². The zero-order valence-corrected chi connectivity index (χ0v) is 24.5. The number of aromatic nitrogens is 2. The van der Waals surface area contributed by atoms with Crippen LogP contribution in [0.1, 0.15) is 12.5 Å². The van der Waals surface area contributed by atoms with Gasteiger partial charge < -0.3 is 14.9 Å². The highest BCUT2D eigenvalue weighted by Gasteiger charge is 2.16. The van der Waals surface area contributed by atoms with Gasteiger partial charge in [-0.1, -0.05) is 91.0 Å². The number of para-hydroxylation sites is 3. The molecule has 8 aromatic rings. The number of fused-ring (bicyclic) bond motifs is 6. The van der Waals surface area contributed by atoms with Crippen LogP contribution in [0.25, 0.3) is 71.8 Å². The molecule has 0 atom stereocenters. The predicted octanol–water partition coefficient (Wildman–Crippen LogP) is 10.4. The van der Waals surface area contributed by atoms with E-state index in [1.165, 1.54) is 60.4 Å². The molecule has 2 heterocycles. The summed E-state index contributed by atoms with van der Waals surface area (Å²) in [6, 6.07) is 50.1. The Morgan fingerprint density at radius 1 is 0.500 bits per heavy atom. The van der Waals surface area contributed by atoms with Crippen molar-refractivity contribution < 1.29 is 0 Å². The molecule has 210 valence electrons. The molecule has 8 rings (SSSR count). The van der Waals surface area contributed by atoms with E-state index in [0.717, 1.165) is 16.9 Å². The monoisotopic (exact) mass is 565 g/mol. The quantitative estimate of drug-likeness (QED) is 0.207. The first-order chi connectivity index (χ1) is 21.7. The number of hydrogen-bond donors (Lipinski definition) is 1. The molecule has 3 heteroatoms. The molecule has 0 amide bonds. The van der Waals surface area contributed by atoms with Gasteiger partial charge in [0.15, 0.2) is 0 Å². The Kier molecular flexibility index (Phi) is 6.16. The van der Waals surface area contributed by atoms with Gasteiger partial charge in [-0.2, -0.15) is 0 Å². The Hall–Kier alpha value is -5.80. The molecule has 0 aliphatic heterocycles. The molecular weight excluding hydrogens is 534 g/mol. The number of nitrogens with two attached hydrogens (primary N) is 1. The minimum Gasteiger partial charge on any atom is -0.398 e. The molecule has 0 unspecified atom stereocenters. The number of benzene rings is 6. The Morgan fingerprint density at radius 2 is 1.02 bits per heavy atom. The van der Waals surface area contributed by atoms with E-state index in [4.69, 9.17) is 5.73 Å². The van der Waals surface area contributed by atoms with Crippen LogP contribution >= 0.6 is 0 Å². The van der Waals surface area contributed by atoms with E-state index in [1.54, 1.807) is 0 Å². The predicted molar refractivity (Wildman–Crippen MR) is 188 cm³/mol. The molecule has 6 aromatic carbocycles. The molecule has 0 spiro atoms. The highest BCUT2D eigenvalue weighted by Crippen LogP contribution is 2.38. The zero-order chi connectivity index (χ0) is 29.6. The van der Waals surface area contributed by atoms with Gasteiger partial charge in [0.05, 0.1) is 22.1 Å². The van der Waals surface area contributed by atoms with Gasteiger partial charge in [0.2, 0.25) is 0 Å². The van der Waals surface area contributed by atoms with Crippen LogP contribution in [0.2, 0.25) is 0 Å². The Labute approximate surface area is 256 Å². The molecule has 2 aromatic heterocycles. The van der Waals surface area contributed by atoms with Gasteiger partial charge in [-0.3, -0.25) is 0 Å². The van der Waals surface area contributed by atoms with Crippen molar-refractivity contribution in [2.75, 3.05) is 0 Å². The van der Waals surface area contributed by atoms with Crippen LogP contribution in [0.3, 0.4) is 0 Å². The van der Waals surface area contributed by atoms with Crippen LogP contribution in [0.15, 0.2) is 158 Å². The minimum absolute atomic E-state index is 0.747. The minimum atomic E-state index is 0.747. The lowest BCUT2D eigenvalue weighted by atomic mass is 10.0. The van der Waals surface area contributed by atoms with Crippen molar-refractivity contribution in [1.82, 2.24) is 9.13 Å². The topological polar surface area (TPSA) is 35.9 Å². The molecule has 2 N–H and O–H groups in total. The van der Waals surface area contributed by atoms with Crippen LogP contribution in [-0.2, 0) is 0 Å². The molecular formula is C41H31N3. The van der Waals surface area contributed by atoms with Crippen LogP contribution in [-0.4, -0.2) is 9.13 Å².